The van der Waals surface area contributed by atoms with Crippen molar-refractivity contribution in [2.45, 2.75) is 11.5 Å². The van der Waals surface area contributed by atoms with E-state index in [9.17, 15) is 12.8 Å². The first-order valence-electron chi connectivity index (χ1n) is 7.06. The second-order valence-corrected chi connectivity index (χ2v) is 6.74. The van der Waals surface area contributed by atoms with Crippen molar-refractivity contribution in [3.05, 3.63) is 72.2 Å². The minimum Gasteiger partial charge on any atom is -0.459 e. The van der Waals surface area contributed by atoms with Crippen LogP contribution in [0.15, 0.2) is 70.0 Å². The maximum Gasteiger partial charge on any atom is 0.261 e. The Hall–Kier alpha value is -2.64. The SMILES string of the molecule is O=S(=O)(Nc1ccc(F)cc1)c1ccc(-c2ccc(CO)o2)cc1. The molecule has 0 aliphatic rings. The Labute approximate surface area is 138 Å². The van der Waals surface area contributed by atoms with Gasteiger partial charge in [0.1, 0.15) is 23.9 Å². The number of rotatable bonds is 5. The van der Waals surface area contributed by atoms with Gasteiger partial charge in [-0.25, -0.2) is 12.8 Å². The van der Waals surface area contributed by atoms with Crippen molar-refractivity contribution in [3.63, 3.8) is 0 Å². The smallest absolute Gasteiger partial charge is 0.261 e. The largest absolute Gasteiger partial charge is 0.459 e. The lowest BCUT2D eigenvalue weighted by atomic mass is 10.2. The van der Waals surface area contributed by atoms with Crippen LogP contribution in [-0.2, 0) is 16.6 Å². The van der Waals surface area contributed by atoms with Gasteiger partial charge in [-0.1, -0.05) is 0 Å². The number of anilines is 1. The number of furan rings is 1. The number of aliphatic hydroxyl groups excluding tert-OH is 1. The minimum absolute atomic E-state index is 0.0736. The zero-order chi connectivity index (χ0) is 17.2. The highest BCUT2D eigenvalue weighted by Gasteiger charge is 2.15. The Balaban J connectivity index is 1.82. The van der Waals surface area contributed by atoms with Crippen LogP contribution >= 0.6 is 0 Å². The molecule has 1 heterocycles. The highest BCUT2D eigenvalue weighted by atomic mass is 32.2. The van der Waals surface area contributed by atoms with Crippen LogP contribution in [0.2, 0.25) is 0 Å². The number of hydrogen-bond donors (Lipinski definition) is 2. The average molecular weight is 347 g/mol. The van der Waals surface area contributed by atoms with Gasteiger partial charge in [0.05, 0.1) is 4.90 Å². The molecular weight excluding hydrogens is 333 g/mol. The van der Waals surface area contributed by atoms with Gasteiger partial charge in [-0.15, -0.1) is 0 Å². The Kier molecular flexibility index (Phi) is 4.37. The molecule has 0 aliphatic heterocycles. The van der Waals surface area contributed by atoms with E-state index in [1.807, 2.05) is 0 Å². The molecule has 0 radical (unpaired) electrons. The van der Waals surface area contributed by atoms with Crippen LogP contribution < -0.4 is 4.72 Å². The lowest BCUT2D eigenvalue weighted by molar-refractivity contribution is 0.248. The normalized spacial score (nSPS) is 11.4. The zero-order valence-electron chi connectivity index (χ0n) is 12.4. The van der Waals surface area contributed by atoms with E-state index < -0.39 is 15.8 Å². The fraction of sp³-hybridized carbons (Fsp3) is 0.0588. The molecule has 5 nitrogen and oxygen atoms in total. The molecule has 0 spiro atoms. The van der Waals surface area contributed by atoms with E-state index in [-0.39, 0.29) is 17.2 Å². The van der Waals surface area contributed by atoms with Gasteiger partial charge in [-0.2, -0.15) is 0 Å². The van der Waals surface area contributed by atoms with Crippen molar-refractivity contribution in [1.29, 1.82) is 0 Å². The first-order chi connectivity index (χ1) is 11.5. The predicted octanol–water partition coefficient (Wildman–Crippen LogP) is 3.38. The third-order valence-corrected chi connectivity index (χ3v) is 4.76. The topological polar surface area (TPSA) is 79.5 Å². The van der Waals surface area contributed by atoms with Crippen molar-refractivity contribution in [3.8, 4) is 11.3 Å². The lowest BCUT2D eigenvalue weighted by Crippen LogP contribution is -2.12. The molecule has 0 unspecified atom stereocenters. The number of sulfonamides is 1. The molecule has 0 atom stereocenters. The van der Waals surface area contributed by atoms with Crippen molar-refractivity contribution in [2.75, 3.05) is 4.72 Å². The van der Waals surface area contributed by atoms with Gasteiger partial charge in [-0.3, -0.25) is 4.72 Å². The summed E-state index contributed by atoms with van der Waals surface area (Å²) in [5.41, 5.74) is 0.967. The van der Waals surface area contributed by atoms with Crippen LogP contribution in [0.3, 0.4) is 0 Å². The zero-order valence-corrected chi connectivity index (χ0v) is 13.3. The van der Waals surface area contributed by atoms with Gasteiger partial charge in [0.25, 0.3) is 10.0 Å². The quantitative estimate of drug-likeness (QED) is 0.741. The molecule has 0 fully saturated rings. The number of benzene rings is 2. The van der Waals surface area contributed by atoms with Crippen molar-refractivity contribution < 1.29 is 22.3 Å². The van der Waals surface area contributed by atoms with Crippen LogP contribution in [-0.4, -0.2) is 13.5 Å². The summed E-state index contributed by atoms with van der Waals surface area (Å²) in [6, 6.07) is 14.5. The summed E-state index contributed by atoms with van der Waals surface area (Å²) >= 11 is 0. The highest BCUT2D eigenvalue weighted by Crippen LogP contribution is 2.24. The van der Waals surface area contributed by atoms with E-state index in [0.717, 1.165) is 0 Å². The van der Waals surface area contributed by atoms with E-state index in [4.69, 9.17) is 9.52 Å². The van der Waals surface area contributed by atoms with Crippen LogP contribution in [0.25, 0.3) is 11.3 Å². The van der Waals surface area contributed by atoms with Gasteiger partial charge in [0.15, 0.2) is 0 Å². The van der Waals surface area contributed by atoms with E-state index in [1.165, 1.54) is 36.4 Å². The molecule has 3 rings (SSSR count). The number of hydrogen-bond acceptors (Lipinski definition) is 4. The van der Waals surface area contributed by atoms with Gasteiger partial charge < -0.3 is 9.52 Å². The summed E-state index contributed by atoms with van der Waals surface area (Å²) in [6.45, 7) is -0.200. The van der Waals surface area contributed by atoms with Gasteiger partial charge in [0.2, 0.25) is 0 Å². The number of aliphatic hydroxyl groups is 1. The standard InChI is InChI=1S/C17H14FNO4S/c18-13-3-5-14(6-4-13)19-24(21,22)16-8-1-12(2-9-16)17-10-7-15(11-20)23-17/h1-10,19-20H,11H2. The summed E-state index contributed by atoms with van der Waals surface area (Å²) in [7, 11) is -3.77. The summed E-state index contributed by atoms with van der Waals surface area (Å²) < 4.78 is 45.3. The van der Waals surface area contributed by atoms with Crippen LogP contribution in [0, 0.1) is 5.82 Å². The Morgan fingerprint density at radius 3 is 2.21 bits per heavy atom. The number of nitrogens with one attached hydrogen (secondary N) is 1. The van der Waals surface area contributed by atoms with Crippen molar-refractivity contribution >= 4 is 15.7 Å². The van der Waals surface area contributed by atoms with Crippen molar-refractivity contribution in [1.82, 2.24) is 0 Å². The summed E-state index contributed by atoms with van der Waals surface area (Å²) in [5, 5.41) is 9.00. The molecule has 1 aromatic heterocycles. The minimum atomic E-state index is -3.77. The maximum absolute atomic E-state index is 12.9. The van der Waals surface area contributed by atoms with E-state index >= 15 is 0 Å². The third-order valence-electron chi connectivity index (χ3n) is 3.36. The van der Waals surface area contributed by atoms with Gasteiger partial charge in [0, 0.05) is 11.3 Å². The number of halogens is 1. The lowest BCUT2D eigenvalue weighted by Gasteiger charge is -2.08. The fourth-order valence-electron chi connectivity index (χ4n) is 2.15. The molecule has 0 bridgehead atoms. The third kappa shape index (κ3) is 3.47. The highest BCUT2D eigenvalue weighted by molar-refractivity contribution is 7.92. The van der Waals surface area contributed by atoms with Crippen LogP contribution in [0.5, 0.6) is 0 Å². The monoisotopic (exact) mass is 347 g/mol. The van der Waals surface area contributed by atoms with E-state index in [2.05, 4.69) is 4.72 Å². The Morgan fingerprint density at radius 1 is 0.958 bits per heavy atom. The summed E-state index contributed by atoms with van der Waals surface area (Å²) in [4.78, 5) is 0.0736. The van der Waals surface area contributed by atoms with E-state index in [0.29, 0.717) is 17.1 Å². The van der Waals surface area contributed by atoms with Crippen LogP contribution in [0.1, 0.15) is 5.76 Å². The fourth-order valence-corrected chi connectivity index (χ4v) is 3.21. The molecule has 0 saturated heterocycles. The predicted molar refractivity (Wildman–Crippen MR) is 87.3 cm³/mol. The second kappa shape index (κ2) is 6.46. The molecule has 2 aromatic carbocycles. The van der Waals surface area contributed by atoms with Gasteiger partial charge >= 0.3 is 0 Å². The van der Waals surface area contributed by atoms with Crippen molar-refractivity contribution in [2.24, 2.45) is 0 Å². The molecule has 0 saturated carbocycles. The Morgan fingerprint density at radius 2 is 1.62 bits per heavy atom. The second-order valence-electron chi connectivity index (χ2n) is 5.06. The molecule has 24 heavy (non-hydrogen) atoms. The van der Waals surface area contributed by atoms with E-state index in [1.54, 1.807) is 24.3 Å². The molecule has 2 N–H and O–H groups in total. The molecule has 124 valence electrons. The van der Waals surface area contributed by atoms with Gasteiger partial charge in [-0.05, 0) is 60.7 Å². The Bertz CT molecular complexity index is 931. The molecular formula is C17H14FNO4S. The molecule has 3 aromatic rings. The first kappa shape index (κ1) is 16.2. The summed E-state index contributed by atoms with van der Waals surface area (Å²) in [5.74, 6) is 0.525. The average Bonchev–Trinajstić information content (AvgIpc) is 3.06. The van der Waals surface area contributed by atoms with Crippen LogP contribution in [0.4, 0.5) is 10.1 Å². The summed E-state index contributed by atoms with van der Waals surface area (Å²) in [6.07, 6.45) is 0. The first-order valence-corrected chi connectivity index (χ1v) is 8.55. The molecule has 7 heteroatoms. The molecule has 0 amide bonds. The maximum atomic E-state index is 12.9. The molecule has 0 aliphatic carbocycles.